The minimum atomic E-state index is -0.184. The summed E-state index contributed by atoms with van der Waals surface area (Å²) in [6, 6.07) is 8.93. The molecule has 0 aliphatic rings. The molecule has 0 unspecified atom stereocenters. The molecular weight excluding hydrogens is 215 g/mol. The molecule has 3 heteroatoms. The van der Waals surface area contributed by atoms with E-state index in [-0.39, 0.29) is 11.9 Å². The van der Waals surface area contributed by atoms with E-state index in [4.69, 9.17) is 0 Å². The summed E-state index contributed by atoms with van der Waals surface area (Å²) in [6.07, 6.45) is 4.09. The van der Waals surface area contributed by atoms with Crippen LogP contribution in [0.2, 0.25) is 0 Å². The second-order valence-electron chi connectivity index (χ2n) is 4.34. The van der Waals surface area contributed by atoms with Gasteiger partial charge in [0, 0.05) is 32.0 Å². The highest BCUT2D eigenvalue weighted by molar-refractivity contribution is 5.20. The number of hydrogen-bond acceptors (Lipinski definition) is 1. The SMILES string of the molecule is C[C@H](NCc1ccn(C)c1)c1cccc(F)c1. The lowest BCUT2D eigenvalue weighted by atomic mass is 10.1. The molecule has 0 radical (unpaired) electrons. The molecule has 0 amide bonds. The number of nitrogens with one attached hydrogen (secondary N) is 1. The van der Waals surface area contributed by atoms with Gasteiger partial charge in [-0.25, -0.2) is 4.39 Å². The first kappa shape index (κ1) is 11.9. The molecule has 1 N–H and O–H groups in total. The number of benzene rings is 1. The average molecular weight is 232 g/mol. The number of aromatic nitrogens is 1. The molecule has 0 bridgehead atoms. The fourth-order valence-corrected chi connectivity index (χ4v) is 1.83. The molecule has 0 saturated carbocycles. The molecule has 1 heterocycles. The second kappa shape index (κ2) is 5.15. The number of rotatable bonds is 4. The van der Waals surface area contributed by atoms with Gasteiger partial charge in [-0.1, -0.05) is 12.1 Å². The maximum Gasteiger partial charge on any atom is 0.123 e. The van der Waals surface area contributed by atoms with Gasteiger partial charge < -0.3 is 9.88 Å². The zero-order chi connectivity index (χ0) is 12.3. The van der Waals surface area contributed by atoms with Crippen LogP contribution in [0.25, 0.3) is 0 Å². The van der Waals surface area contributed by atoms with E-state index < -0.39 is 0 Å². The zero-order valence-corrected chi connectivity index (χ0v) is 10.2. The van der Waals surface area contributed by atoms with E-state index >= 15 is 0 Å². The van der Waals surface area contributed by atoms with E-state index in [1.807, 2.05) is 30.8 Å². The Hall–Kier alpha value is -1.61. The van der Waals surface area contributed by atoms with Crippen molar-refractivity contribution in [2.75, 3.05) is 0 Å². The van der Waals surface area contributed by atoms with Crippen molar-refractivity contribution in [3.63, 3.8) is 0 Å². The van der Waals surface area contributed by atoms with Crippen molar-refractivity contribution in [3.05, 3.63) is 59.7 Å². The van der Waals surface area contributed by atoms with Crippen LogP contribution in [0.4, 0.5) is 4.39 Å². The fourth-order valence-electron chi connectivity index (χ4n) is 1.83. The Labute approximate surface area is 101 Å². The van der Waals surface area contributed by atoms with Gasteiger partial charge in [0.1, 0.15) is 5.82 Å². The van der Waals surface area contributed by atoms with Gasteiger partial charge in [0.2, 0.25) is 0 Å². The Morgan fingerprint density at radius 3 is 2.82 bits per heavy atom. The van der Waals surface area contributed by atoms with Gasteiger partial charge in [0.05, 0.1) is 0 Å². The summed E-state index contributed by atoms with van der Waals surface area (Å²) in [5.41, 5.74) is 2.21. The zero-order valence-electron chi connectivity index (χ0n) is 10.2. The lowest BCUT2D eigenvalue weighted by Gasteiger charge is -2.13. The van der Waals surface area contributed by atoms with Gasteiger partial charge in [-0.2, -0.15) is 0 Å². The first-order chi connectivity index (χ1) is 8.15. The minimum Gasteiger partial charge on any atom is -0.357 e. The number of halogens is 1. The van der Waals surface area contributed by atoms with Crippen molar-refractivity contribution < 1.29 is 4.39 Å². The number of hydrogen-bond donors (Lipinski definition) is 1. The molecule has 2 nitrogen and oxygen atoms in total. The highest BCUT2D eigenvalue weighted by Crippen LogP contribution is 2.14. The molecular formula is C14H17FN2. The van der Waals surface area contributed by atoms with Gasteiger partial charge in [-0.05, 0) is 36.2 Å². The lowest BCUT2D eigenvalue weighted by molar-refractivity contribution is 0.565. The maximum absolute atomic E-state index is 13.1. The van der Waals surface area contributed by atoms with Crippen molar-refractivity contribution in [1.29, 1.82) is 0 Å². The molecule has 17 heavy (non-hydrogen) atoms. The van der Waals surface area contributed by atoms with Crippen LogP contribution in [0.3, 0.4) is 0 Å². The summed E-state index contributed by atoms with van der Waals surface area (Å²) in [4.78, 5) is 0. The summed E-state index contributed by atoms with van der Waals surface area (Å²) < 4.78 is 15.1. The van der Waals surface area contributed by atoms with Crippen LogP contribution in [0.5, 0.6) is 0 Å². The summed E-state index contributed by atoms with van der Waals surface area (Å²) >= 11 is 0. The average Bonchev–Trinajstić information content (AvgIpc) is 2.72. The van der Waals surface area contributed by atoms with E-state index in [1.54, 1.807) is 12.1 Å². The normalized spacial score (nSPS) is 12.6. The summed E-state index contributed by atoms with van der Waals surface area (Å²) in [7, 11) is 2.00. The predicted molar refractivity (Wildman–Crippen MR) is 67.1 cm³/mol. The third-order valence-electron chi connectivity index (χ3n) is 2.85. The van der Waals surface area contributed by atoms with E-state index in [0.29, 0.717) is 0 Å². The van der Waals surface area contributed by atoms with Crippen molar-refractivity contribution >= 4 is 0 Å². The first-order valence-electron chi connectivity index (χ1n) is 5.75. The fraction of sp³-hybridized carbons (Fsp3) is 0.286. The van der Waals surface area contributed by atoms with Crippen LogP contribution in [-0.2, 0) is 13.6 Å². The molecule has 2 rings (SSSR count). The van der Waals surface area contributed by atoms with Crippen molar-refractivity contribution in [2.24, 2.45) is 7.05 Å². The lowest BCUT2D eigenvalue weighted by Crippen LogP contribution is -2.17. The van der Waals surface area contributed by atoms with Crippen LogP contribution >= 0.6 is 0 Å². The van der Waals surface area contributed by atoms with Crippen LogP contribution < -0.4 is 5.32 Å². The first-order valence-corrected chi connectivity index (χ1v) is 5.75. The molecule has 0 aliphatic carbocycles. The second-order valence-corrected chi connectivity index (χ2v) is 4.34. The topological polar surface area (TPSA) is 17.0 Å². The van der Waals surface area contributed by atoms with Gasteiger partial charge in [0.25, 0.3) is 0 Å². The van der Waals surface area contributed by atoms with Crippen LogP contribution in [0, 0.1) is 5.82 Å². The Morgan fingerprint density at radius 2 is 2.18 bits per heavy atom. The van der Waals surface area contributed by atoms with Crippen LogP contribution in [0.1, 0.15) is 24.1 Å². The quantitative estimate of drug-likeness (QED) is 0.857. The van der Waals surface area contributed by atoms with E-state index in [9.17, 15) is 4.39 Å². The maximum atomic E-state index is 13.1. The molecule has 1 aromatic carbocycles. The number of nitrogens with zero attached hydrogens (tertiary/aromatic N) is 1. The Kier molecular flexibility index (Phi) is 3.59. The van der Waals surface area contributed by atoms with Gasteiger partial charge in [0.15, 0.2) is 0 Å². The van der Waals surface area contributed by atoms with E-state index in [0.717, 1.165) is 12.1 Å². The van der Waals surface area contributed by atoms with Crippen molar-refractivity contribution in [2.45, 2.75) is 19.5 Å². The third-order valence-corrected chi connectivity index (χ3v) is 2.85. The minimum absolute atomic E-state index is 0.144. The largest absolute Gasteiger partial charge is 0.357 e. The van der Waals surface area contributed by atoms with E-state index in [1.165, 1.54) is 11.6 Å². The highest BCUT2D eigenvalue weighted by atomic mass is 19.1. The molecule has 0 spiro atoms. The van der Waals surface area contributed by atoms with E-state index in [2.05, 4.69) is 17.6 Å². The summed E-state index contributed by atoms with van der Waals surface area (Å²) in [5.74, 6) is -0.184. The molecule has 0 fully saturated rings. The molecule has 1 aromatic heterocycles. The molecule has 2 aromatic rings. The van der Waals surface area contributed by atoms with Crippen molar-refractivity contribution in [1.82, 2.24) is 9.88 Å². The highest BCUT2D eigenvalue weighted by Gasteiger charge is 2.05. The predicted octanol–water partition coefficient (Wildman–Crippen LogP) is 3.02. The summed E-state index contributed by atoms with van der Waals surface area (Å²) in [6.45, 7) is 2.83. The standard InChI is InChI=1S/C14H17FN2/c1-11(13-4-3-5-14(15)8-13)16-9-12-6-7-17(2)10-12/h3-8,10-11,16H,9H2,1-2H3/t11-/m0/s1. The molecule has 1 atom stereocenters. The third kappa shape index (κ3) is 3.17. The smallest absolute Gasteiger partial charge is 0.123 e. The van der Waals surface area contributed by atoms with Gasteiger partial charge in [-0.3, -0.25) is 0 Å². The monoisotopic (exact) mass is 232 g/mol. The summed E-state index contributed by atoms with van der Waals surface area (Å²) in [5, 5.41) is 3.38. The Bertz CT molecular complexity index is 490. The number of aryl methyl sites for hydroxylation is 1. The Balaban J connectivity index is 1.95. The molecule has 0 aliphatic heterocycles. The molecule has 90 valence electrons. The van der Waals surface area contributed by atoms with Gasteiger partial charge >= 0.3 is 0 Å². The molecule has 0 saturated heterocycles. The van der Waals surface area contributed by atoms with Gasteiger partial charge in [-0.15, -0.1) is 0 Å². The van der Waals surface area contributed by atoms with Crippen LogP contribution in [0.15, 0.2) is 42.7 Å². The Morgan fingerprint density at radius 1 is 1.35 bits per heavy atom. The van der Waals surface area contributed by atoms with Crippen LogP contribution in [-0.4, -0.2) is 4.57 Å². The van der Waals surface area contributed by atoms with Crippen molar-refractivity contribution in [3.8, 4) is 0 Å².